The second-order valence-corrected chi connectivity index (χ2v) is 10.9. The predicted molar refractivity (Wildman–Crippen MR) is 134 cm³/mol. The van der Waals surface area contributed by atoms with E-state index in [1.807, 2.05) is 11.1 Å². The number of nitrogens with zero attached hydrogens (tertiary/aromatic N) is 4. The highest BCUT2D eigenvalue weighted by atomic mass is 79.9. The van der Waals surface area contributed by atoms with Crippen molar-refractivity contribution in [2.45, 2.75) is 38.8 Å². The number of rotatable bonds is 3. The molecule has 1 aromatic carbocycles. The van der Waals surface area contributed by atoms with Crippen LogP contribution in [0.1, 0.15) is 34.9 Å². The molecule has 1 saturated heterocycles. The average molecular weight is 526 g/mol. The van der Waals surface area contributed by atoms with Crippen molar-refractivity contribution in [3.8, 4) is 0 Å². The molecule has 0 saturated carbocycles. The van der Waals surface area contributed by atoms with E-state index in [1.54, 1.807) is 17.7 Å². The van der Waals surface area contributed by atoms with E-state index in [0.717, 1.165) is 57.6 Å². The second-order valence-electron chi connectivity index (χ2n) is 8.93. The number of aliphatic imine (C=N–C) groups is 1. The van der Waals surface area contributed by atoms with Gasteiger partial charge in [-0.15, -0.1) is 11.3 Å². The van der Waals surface area contributed by atoms with Crippen molar-refractivity contribution in [3.05, 3.63) is 44.5 Å². The lowest BCUT2D eigenvalue weighted by Gasteiger charge is -2.36. The van der Waals surface area contributed by atoms with E-state index in [2.05, 4.69) is 55.3 Å². The Bertz CT molecular complexity index is 1290. The Kier molecular flexibility index (Phi) is 5.43. The molecule has 4 heterocycles. The fraction of sp³-hybridized carbons (Fsp3) is 0.417. The van der Waals surface area contributed by atoms with Crippen molar-refractivity contribution in [1.82, 2.24) is 14.9 Å². The Balaban J connectivity index is 1.30. The molecule has 0 unspecified atom stereocenters. The first-order valence-corrected chi connectivity index (χ1v) is 12.9. The van der Waals surface area contributed by atoms with E-state index >= 15 is 0 Å². The Morgan fingerprint density at radius 3 is 3.12 bits per heavy atom. The number of nitrogens with one attached hydrogen (secondary N) is 1. The Labute approximate surface area is 204 Å². The maximum absolute atomic E-state index is 13.2. The summed E-state index contributed by atoms with van der Waals surface area (Å²) in [6.45, 7) is 4.75. The molecule has 0 bridgehead atoms. The third-order valence-electron chi connectivity index (χ3n) is 6.82. The molecule has 33 heavy (non-hydrogen) atoms. The van der Waals surface area contributed by atoms with Crippen molar-refractivity contribution < 1.29 is 9.53 Å². The van der Waals surface area contributed by atoms with Crippen LogP contribution in [0.2, 0.25) is 0 Å². The van der Waals surface area contributed by atoms with Gasteiger partial charge in [0.25, 0.3) is 0 Å². The Morgan fingerprint density at radius 1 is 1.33 bits per heavy atom. The highest BCUT2D eigenvalue weighted by Crippen LogP contribution is 2.41. The van der Waals surface area contributed by atoms with E-state index in [0.29, 0.717) is 19.8 Å². The molecule has 2 atom stereocenters. The average Bonchev–Trinajstić information content (AvgIpc) is 3.42. The van der Waals surface area contributed by atoms with Crippen molar-refractivity contribution >= 4 is 61.1 Å². The SMILES string of the molecule is C[C@@H]1COCCN1C(=O)[C@H]1CCc2c(sc3ncnc(Nc4cc5c(cc4Br)CN=C5)c23)C1. The van der Waals surface area contributed by atoms with E-state index in [1.165, 1.54) is 16.0 Å². The quantitative estimate of drug-likeness (QED) is 0.545. The molecule has 170 valence electrons. The number of fused-ring (bicyclic) bond motifs is 4. The highest BCUT2D eigenvalue weighted by molar-refractivity contribution is 9.10. The number of ether oxygens (including phenoxy) is 1. The summed E-state index contributed by atoms with van der Waals surface area (Å²) in [5.41, 5.74) is 4.61. The zero-order valence-electron chi connectivity index (χ0n) is 18.3. The molecular formula is C24H24BrN5O2S. The Hall–Kier alpha value is -2.36. The fourth-order valence-electron chi connectivity index (χ4n) is 5.06. The topological polar surface area (TPSA) is 79.7 Å². The van der Waals surface area contributed by atoms with Crippen LogP contribution in [0.25, 0.3) is 10.2 Å². The summed E-state index contributed by atoms with van der Waals surface area (Å²) in [4.78, 5) is 31.0. The van der Waals surface area contributed by atoms with E-state index in [9.17, 15) is 4.79 Å². The minimum atomic E-state index is 0.0284. The van der Waals surface area contributed by atoms with Gasteiger partial charge in [0.2, 0.25) is 5.91 Å². The molecule has 3 aromatic rings. The fourth-order valence-corrected chi connectivity index (χ4v) is 6.82. The molecule has 1 N–H and O–H groups in total. The van der Waals surface area contributed by atoms with Gasteiger partial charge in [0.1, 0.15) is 17.0 Å². The molecule has 0 radical (unpaired) electrons. The number of aromatic nitrogens is 2. The molecule has 1 amide bonds. The number of carbonyl (C=O) groups is 1. The van der Waals surface area contributed by atoms with Crippen LogP contribution < -0.4 is 5.32 Å². The van der Waals surface area contributed by atoms with Crippen LogP contribution >= 0.6 is 27.3 Å². The van der Waals surface area contributed by atoms with Crippen LogP contribution in [0.3, 0.4) is 0 Å². The molecule has 3 aliphatic rings. The summed E-state index contributed by atoms with van der Waals surface area (Å²) in [5, 5.41) is 4.62. The highest BCUT2D eigenvalue weighted by Gasteiger charge is 2.34. The molecule has 7 nitrogen and oxygen atoms in total. The predicted octanol–water partition coefficient (Wildman–Crippen LogP) is 4.48. The number of morpholine rings is 1. The van der Waals surface area contributed by atoms with Crippen LogP contribution in [0, 0.1) is 5.92 Å². The smallest absolute Gasteiger partial charge is 0.226 e. The first-order valence-electron chi connectivity index (χ1n) is 11.3. The third kappa shape index (κ3) is 3.76. The van der Waals surface area contributed by atoms with Crippen LogP contribution in [-0.4, -0.2) is 52.8 Å². The van der Waals surface area contributed by atoms with Crippen LogP contribution in [0.15, 0.2) is 27.9 Å². The first-order chi connectivity index (χ1) is 16.1. The van der Waals surface area contributed by atoms with Crippen molar-refractivity contribution in [1.29, 1.82) is 0 Å². The van der Waals surface area contributed by atoms with Crippen molar-refractivity contribution in [3.63, 3.8) is 0 Å². The van der Waals surface area contributed by atoms with E-state index in [4.69, 9.17) is 4.74 Å². The molecule has 1 aliphatic carbocycles. The van der Waals surface area contributed by atoms with Gasteiger partial charge in [0, 0.05) is 28.0 Å². The lowest BCUT2D eigenvalue weighted by molar-refractivity contribution is -0.143. The van der Waals surface area contributed by atoms with Gasteiger partial charge >= 0.3 is 0 Å². The maximum atomic E-state index is 13.2. The number of aryl methyl sites for hydroxylation is 1. The zero-order valence-corrected chi connectivity index (χ0v) is 20.7. The number of amides is 1. The summed E-state index contributed by atoms with van der Waals surface area (Å²) in [6.07, 6.45) is 6.03. The number of carbonyl (C=O) groups excluding carboxylic acids is 1. The summed E-state index contributed by atoms with van der Waals surface area (Å²) in [6, 6.07) is 4.38. The second kappa shape index (κ2) is 8.45. The molecule has 0 spiro atoms. The Morgan fingerprint density at radius 2 is 2.24 bits per heavy atom. The minimum absolute atomic E-state index is 0.0284. The normalized spacial score (nSPS) is 21.8. The number of hydrogen-bond acceptors (Lipinski definition) is 7. The minimum Gasteiger partial charge on any atom is -0.377 e. The van der Waals surface area contributed by atoms with Crippen LogP contribution in [0.4, 0.5) is 11.5 Å². The molecule has 2 aliphatic heterocycles. The standard InChI is InChI=1S/C24H24BrN5O2S/c1-13-11-32-5-4-30(13)24(31)14-2-3-17-20(8-14)33-23-21(17)22(27-12-28-23)29-19-7-16-10-26-9-15(16)6-18(19)25/h6-7,10,12-14H,2-5,8-9,11H2,1H3,(H,27,28,29)/t13-,14+/m1/s1. The van der Waals surface area contributed by atoms with Gasteiger partial charge < -0.3 is 15.0 Å². The third-order valence-corrected chi connectivity index (χ3v) is 8.64. The van der Waals surface area contributed by atoms with Gasteiger partial charge in [-0.25, -0.2) is 9.97 Å². The van der Waals surface area contributed by atoms with Gasteiger partial charge in [-0.2, -0.15) is 0 Å². The van der Waals surface area contributed by atoms with E-state index < -0.39 is 0 Å². The summed E-state index contributed by atoms with van der Waals surface area (Å²) in [7, 11) is 0. The molecule has 1 fully saturated rings. The van der Waals surface area contributed by atoms with Crippen LogP contribution in [-0.2, 0) is 28.9 Å². The molecule has 6 rings (SSSR count). The summed E-state index contributed by atoms with van der Waals surface area (Å²) < 4.78 is 6.51. The number of halogens is 1. The first kappa shape index (κ1) is 21.2. The van der Waals surface area contributed by atoms with Crippen molar-refractivity contribution in [2.24, 2.45) is 10.9 Å². The van der Waals surface area contributed by atoms with Gasteiger partial charge in [-0.05, 0) is 70.9 Å². The lowest BCUT2D eigenvalue weighted by atomic mass is 9.86. The molecule has 2 aromatic heterocycles. The molecular weight excluding hydrogens is 502 g/mol. The lowest BCUT2D eigenvalue weighted by Crippen LogP contribution is -2.50. The number of thiophene rings is 1. The maximum Gasteiger partial charge on any atom is 0.226 e. The summed E-state index contributed by atoms with van der Waals surface area (Å²) in [5.74, 6) is 1.11. The van der Waals surface area contributed by atoms with Gasteiger partial charge in [0.15, 0.2) is 0 Å². The molecule has 9 heteroatoms. The summed E-state index contributed by atoms with van der Waals surface area (Å²) >= 11 is 5.39. The number of anilines is 2. The van der Waals surface area contributed by atoms with Gasteiger partial charge in [-0.3, -0.25) is 9.79 Å². The van der Waals surface area contributed by atoms with Gasteiger partial charge in [0.05, 0.1) is 36.9 Å². The number of hydrogen-bond donors (Lipinski definition) is 1. The largest absolute Gasteiger partial charge is 0.377 e. The monoisotopic (exact) mass is 525 g/mol. The van der Waals surface area contributed by atoms with Gasteiger partial charge in [-0.1, -0.05) is 0 Å². The zero-order chi connectivity index (χ0) is 22.5. The number of benzene rings is 1. The van der Waals surface area contributed by atoms with Crippen molar-refractivity contribution in [2.75, 3.05) is 25.1 Å². The van der Waals surface area contributed by atoms with E-state index in [-0.39, 0.29) is 17.9 Å². The van der Waals surface area contributed by atoms with Crippen LogP contribution in [0.5, 0.6) is 0 Å².